The van der Waals surface area contributed by atoms with Crippen LogP contribution in [0.1, 0.15) is 0 Å². The molecule has 0 aliphatic rings. The third-order valence-corrected chi connectivity index (χ3v) is 4.04. The predicted molar refractivity (Wildman–Crippen MR) is 74.1 cm³/mol. The van der Waals surface area contributed by atoms with E-state index in [0.717, 1.165) is 0 Å². The Balaban J connectivity index is 2.59. The largest absolute Gasteiger partial charge is 0.399 e. The number of hydrogen-bond donors (Lipinski definition) is 1. The van der Waals surface area contributed by atoms with E-state index < -0.39 is 9.84 Å². The van der Waals surface area contributed by atoms with Gasteiger partial charge in [-0.05, 0) is 12.1 Å². The lowest BCUT2D eigenvalue weighted by Gasteiger charge is -2.07. The van der Waals surface area contributed by atoms with Crippen LogP contribution in [0, 0.1) is 0 Å². The van der Waals surface area contributed by atoms with Crippen molar-refractivity contribution in [1.82, 2.24) is 9.97 Å². The molecule has 2 rings (SSSR count). The van der Waals surface area contributed by atoms with Crippen LogP contribution in [0.15, 0.2) is 54.3 Å². The minimum absolute atomic E-state index is 0.0420. The molecule has 5 nitrogen and oxygen atoms in total. The molecule has 0 aliphatic heterocycles. The van der Waals surface area contributed by atoms with Crippen LogP contribution in [0.4, 0.5) is 5.69 Å². The van der Waals surface area contributed by atoms with Gasteiger partial charge in [0.25, 0.3) is 0 Å². The molecular weight excluding hydrogens is 262 g/mol. The van der Waals surface area contributed by atoms with Crippen molar-refractivity contribution in [2.45, 2.75) is 5.03 Å². The van der Waals surface area contributed by atoms with E-state index in [9.17, 15) is 8.42 Å². The number of anilines is 1. The molecule has 1 heterocycles. The van der Waals surface area contributed by atoms with Crippen molar-refractivity contribution < 1.29 is 8.42 Å². The van der Waals surface area contributed by atoms with Gasteiger partial charge in [0.05, 0.1) is 5.75 Å². The predicted octanol–water partition coefficient (Wildman–Crippen LogP) is 1.69. The molecule has 0 unspecified atom stereocenters. The molecule has 0 spiro atoms. The van der Waals surface area contributed by atoms with Crippen LogP contribution in [-0.2, 0) is 9.84 Å². The van der Waals surface area contributed by atoms with Crippen molar-refractivity contribution in [2.75, 3.05) is 11.5 Å². The highest BCUT2D eigenvalue weighted by molar-refractivity contribution is 7.91. The number of benzene rings is 1. The Bertz CT molecular complexity index is 694. The number of nitrogen functional groups attached to an aromatic ring is 1. The summed E-state index contributed by atoms with van der Waals surface area (Å²) in [6.07, 6.45) is 4.15. The Morgan fingerprint density at radius 3 is 2.42 bits per heavy atom. The number of sulfone groups is 1. The Labute approximate surface area is 111 Å². The van der Waals surface area contributed by atoms with Crippen LogP contribution >= 0.6 is 0 Å². The van der Waals surface area contributed by atoms with Crippen molar-refractivity contribution in [3.63, 3.8) is 0 Å². The highest BCUT2D eigenvalue weighted by Crippen LogP contribution is 2.24. The van der Waals surface area contributed by atoms with Crippen LogP contribution in [0.2, 0.25) is 0 Å². The first-order chi connectivity index (χ1) is 9.04. The zero-order chi connectivity index (χ0) is 13.9. The molecule has 0 amide bonds. The Hall–Kier alpha value is -2.21. The van der Waals surface area contributed by atoms with Crippen LogP contribution < -0.4 is 5.73 Å². The van der Waals surface area contributed by atoms with E-state index >= 15 is 0 Å². The highest BCUT2D eigenvalue weighted by atomic mass is 32.2. The van der Waals surface area contributed by atoms with E-state index in [2.05, 4.69) is 16.5 Å². The topological polar surface area (TPSA) is 85.9 Å². The zero-order valence-electron chi connectivity index (χ0n) is 10.2. The maximum Gasteiger partial charge on any atom is 0.201 e. The first-order valence-corrected chi connectivity index (χ1v) is 7.20. The number of rotatable bonds is 4. The highest BCUT2D eigenvalue weighted by Gasteiger charge is 2.20. The van der Waals surface area contributed by atoms with Gasteiger partial charge in [0.15, 0.2) is 5.03 Å². The van der Waals surface area contributed by atoms with Gasteiger partial charge in [0.2, 0.25) is 9.84 Å². The molecule has 0 saturated heterocycles. The van der Waals surface area contributed by atoms with Gasteiger partial charge in [-0.3, -0.25) is 4.98 Å². The third-order valence-electron chi connectivity index (χ3n) is 2.48. The maximum atomic E-state index is 12.1. The first kappa shape index (κ1) is 13.2. The van der Waals surface area contributed by atoms with E-state index in [4.69, 9.17) is 5.73 Å². The molecule has 98 valence electrons. The Morgan fingerprint density at radius 2 is 1.79 bits per heavy atom. The van der Waals surface area contributed by atoms with Crippen LogP contribution in [0.5, 0.6) is 0 Å². The smallest absolute Gasteiger partial charge is 0.201 e. The van der Waals surface area contributed by atoms with Crippen LogP contribution in [0.3, 0.4) is 0 Å². The molecule has 0 bridgehead atoms. The minimum atomic E-state index is -3.52. The van der Waals surface area contributed by atoms with Crippen LogP contribution in [-0.4, -0.2) is 24.1 Å². The molecule has 0 aliphatic carbocycles. The van der Waals surface area contributed by atoms with Gasteiger partial charge < -0.3 is 5.73 Å². The molecule has 0 atom stereocenters. The average Bonchev–Trinajstić information content (AvgIpc) is 2.39. The zero-order valence-corrected chi connectivity index (χ0v) is 11.0. The van der Waals surface area contributed by atoms with Gasteiger partial charge in [-0.15, -0.1) is 6.58 Å². The monoisotopic (exact) mass is 275 g/mol. The lowest BCUT2D eigenvalue weighted by atomic mass is 10.1. The third kappa shape index (κ3) is 2.79. The summed E-state index contributed by atoms with van der Waals surface area (Å²) in [6, 6.07) is 6.81. The minimum Gasteiger partial charge on any atom is -0.399 e. The number of nitrogens with two attached hydrogens (primary N) is 1. The van der Waals surface area contributed by atoms with E-state index in [0.29, 0.717) is 16.9 Å². The molecule has 0 fully saturated rings. The van der Waals surface area contributed by atoms with Gasteiger partial charge in [-0.1, -0.05) is 18.2 Å². The second kappa shape index (κ2) is 5.19. The van der Waals surface area contributed by atoms with Crippen molar-refractivity contribution in [1.29, 1.82) is 0 Å². The Kier molecular flexibility index (Phi) is 3.62. The van der Waals surface area contributed by atoms with Gasteiger partial charge in [0, 0.05) is 23.6 Å². The van der Waals surface area contributed by atoms with Gasteiger partial charge in [0.1, 0.15) is 5.69 Å². The molecular formula is C13H13N3O2S. The SMILES string of the molecule is C=CCS(=O)(=O)c1nccnc1-c1ccc(N)cc1. The molecule has 1 aromatic carbocycles. The van der Waals surface area contributed by atoms with Gasteiger partial charge in [-0.25, -0.2) is 13.4 Å². The van der Waals surface area contributed by atoms with E-state index in [1.165, 1.54) is 18.5 Å². The summed E-state index contributed by atoms with van der Waals surface area (Å²) in [5.41, 5.74) is 7.19. The van der Waals surface area contributed by atoms with Gasteiger partial charge >= 0.3 is 0 Å². The summed E-state index contributed by atoms with van der Waals surface area (Å²) < 4.78 is 24.2. The van der Waals surface area contributed by atoms with Crippen molar-refractivity contribution >= 4 is 15.5 Å². The summed E-state index contributed by atoms with van der Waals surface area (Å²) in [7, 11) is -3.52. The van der Waals surface area contributed by atoms with Crippen molar-refractivity contribution in [3.8, 4) is 11.3 Å². The maximum absolute atomic E-state index is 12.1. The van der Waals surface area contributed by atoms with Crippen molar-refractivity contribution in [2.24, 2.45) is 0 Å². The quantitative estimate of drug-likeness (QED) is 0.677. The van der Waals surface area contributed by atoms with Crippen LogP contribution in [0.25, 0.3) is 11.3 Å². The molecule has 6 heteroatoms. The molecule has 0 saturated carbocycles. The summed E-state index contributed by atoms with van der Waals surface area (Å²) in [5.74, 6) is -0.173. The molecule has 0 radical (unpaired) electrons. The summed E-state index contributed by atoms with van der Waals surface area (Å²) in [5, 5.41) is -0.0420. The average molecular weight is 275 g/mol. The molecule has 1 aromatic heterocycles. The number of aromatic nitrogens is 2. The fourth-order valence-electron chi connectivity index (χ4n) is 1.63. The fourth-order valence-corrected chi connectivity index (χ4v) is 2.78. The lowest BCUT2D eigenvalue weighted by molar-refractivity contribution is 0.595. The Morgan fingerprint density at radius 1 is 1.16 bits per heavy atom. The van der Waals surface area contributed by atoms with Gasteiger partial charge in [-0.2, -0.15) is 0 Å². The molecule has 2 N–H and O–H groups in total. The molecule has 19 heavy (non-hydrogen) atoms. The summed E-state index contributed by atoms with van der Waals surface area (Å²) >= 11 is 0. The van der Waals surface area contributed by atoms with E-state index in [1.807, 2.05) is 0 Å². The summed E-state index contributed by atoms with van der Waals surface area (Å²) in [6.45, 7) is 3.44. The van der Waals surface area contributed by atoms with Crippen molar-refractivity contribution in [3.05, 3.63) is 49.3 Å². The first-order valence-electron chi connectivity index (χ1n) is 5.55. The standard InChI is InChI=1S/C13H13N3O2S/c1-2-9-19(17,18)13-12(15-7-8-16-13)10-3-5-11(14)6-4-10/h2-8H,1,9,14H2. The number of hydrogen-bond acceptors (Lipinski definition) is 5. The second-order valence-corrected chi connectivity index (χ2v) is 5.85. The molecule has 2 aromatic rings. The van der Waals surface area contributed by atoms with E-state index in [1.54, 1.807) is 24.3 Å². The summed E-state index contributed by atoms with van der Waals surface area (Å²) in [4.78, 5) is 8.05. The fraction of sp³-hybridized carbons (Fsp3) is 0.0769. The number of nitrogens with zero attached hydrogens (tertiary/aromatic N) is 2. The second-order valence-electron chi connectivity index (χ2n) is 3.90. The normalized spacial score (nSPS) is 11.2. The lowest BCUT2D eigenvalue weighted by Crippen LogP contribution is -2.09. The van der Waals surface area contributed by atoms with E-state index in [-0.39, 0.29) is 10.8 Å².